The Labute approximate surface area is 125 Å². The second-order valence-electron chi connectivity index (χ2n) is 5.48. The van der Waals surface area contributed by atoms with Crippen LogP contribution in [0.3, 0.4) is 0 Å². The quantitative estimate of drug-likeness (QED) is 0.786. The summed E-state index contributed by atoms with van der Waals surface area (Å²) >= 11 is 0. The van der Waals surface area contributed by atoms with Gasteiger partial charge in [-0.05, 0) is 44.2 Å². The van der Waals surface area contributed by atoms with Crippen molar-refractivity contribution in [2.24, 2.45) is 0 Å². The van der Waals surface area contributed by atoms with E-state index in [1.54, 1.807) is 0 Å². The molecule has 0 radical (unpaired) electrons. The number of hydrogen-bond acceptors (Lipinski definition) is 3. The molecule has 1 unspecified atom stereocenters. The summed E-state index contributed by atoms with van der Waals surface area (Å²) in [4.78, 5) is 4.57. The Morgan fingerprint density at radius 2 is 1.95 bits per heavy atom. The molecule has 1 heterocycles. The van der Waals surface area contributed by atoms with E-state index in [4.69, 9.17) is 4.42 Å². The van der Waals surface area contributed by atoms with Crippen molar-refractivity contribution >= 4 is 11.1 Å². The summed E-state index contributed by atoms with van der Waals surface area (Å²) < 4.78 is 5.84. The minimum Gasteiger partial charge on any atom is -0.441 e. The molecule has 0 aliphatic heterocycles. The van der Waals surface area contributed by atoms with Gasteiger partial charge in [-0.25, -0.2) is 4.98 Å². The van der Waals surface area contributed by atoms with E-state index in [1.165, 1.54) is 16.7 Å². The molecule has 0 aliphatic rings. The van der Waals surface area contributed by atoms with Crippen LogP contribution in [-0.2, 0) is 6.42 Å². The van der Waals surface area contributed by atoms with Crippen LogP contribution in [0.1, 0.15) is 28.6 Å². The van der Waals surface area contributed by atoms with E-state index in [0.717, 1.165) is 23.4 Å². The fourth-order valence-corrected chi connectivity index (χ4v) is 2.68. The summed E-state index contributed by atoms with van der Waals surface area (Å²) in [5.41, 5.74) is 5.64. The van der Waals surface area contributed by atoms with Crippen molar-refractivity contribution in [3.8, 4) is 0 Å². The van der Waals surface area contributed by atoms with Crippen LogP contribution < -0.4 is 5.32 Å². The lowest BCUT2D eigenvalue weighted by atomic mass is 9.97. The van der Waals surface area contributed by atoms with Crippen molar-refractivity contribution in [3.63, 3.8) is 0 Å². The highest BCUT2D eigenvalue weighted by Crippen LogP contribution is 2.24. The number of likely N-dealkylation sites (N-methyl/N-ethyl adjacent to an activating group) is 1. The highest BCUT2D eigenvalue weighted by Gasteiger charge is 2.16. The Morgan fingerprint density at radius 1 is 1.14 bits per heavy atom. The first-order valence-corrected chi connectivity index (χ1v) is 7.26. The lowest BCUT2D eigenvalue weighted by Crippen LogP contribution is -2.20. The SMILES string of the molecule is CNC(Cc1nc2ccccc2o1)c1cc(C)ccc1C. The van der Waals surface area contributed by atoms with E-state index in [2.05, 4.69) is 42.3 Å². The molecule has 0 saturated carbocycles. The van der Waals surface area contributed by atoms with Gasteiger partial charge in [-0.15, -0.1) is 0 Å². The fourth-order valence-electron chi connectivity index (χ4n) is 2.68. The van der Waals surface area contributed by atoms with E-state index < -0.39 is 0 Å². The molecule has 0 bridgehead atoms. The summed E-state index contributed by atoms with van der Waals surface area (Å²) in [6.45, 7) is 4.26. The third-order valence-electron chi connectivity index (χ3n) is 3.88. The number of hydrogen-bond donors (Lipinski definition) is 1. The average Bonchev–Trinajstić information content (AvgIpc) is 2.90. The fraction of sp³-hybridized carbons (Fsp3) is 0.278. The zero-order chi connectivity index (χ0) is 14.8. The van der Waals surface area contributed by atoms with Crippen LogP contribution in [0.25, 0.3) is 11.1 Å². The van der Waals surface area contributed by atoms with Gasteiger partial charge in [0.1, 0.15) is 5.52 Å². The Bertz CT molecular complexity index is 728. The molecule has 1 aromatic heterocycles. The minimum absolute atomic E-state index is 0.206. The maximum Gasteiger partial charge on any atom is 0.197 e. The van der Waals surface area contributed by atoms with Crippen LogP contribution in [0, 0.1) is 13.8 Å². The second kappa shape index (κ2) is 5.70. The van der Waals surface area contributed by atoms with Crippen LogP contribution in [0.5, 0.6) is 0 Å². The number of oxazole rings is 1. The van der Waals surface area contributed by atoms with Gasteiger partial charge in [0.15, 0.2) is 11.5 Å². The molecule has 2 aromatic carbocycles. The average molecular weight is 280 g/mol. The number of aromatic nitrogens is 1. The summed E-state index contributed by atoms with van der Waals surface area (Å²) in [7, 11) is 1.98. The standard InChI is InChI=1S/C18H20N2O/c1-12-8-9-13(2)14(10-12)16(19-3)11-18-20-15-6-4-5-7-17(15)21-18/h4-10,16,19H,11H2,1-3H3. The third kappa shape index (κ3) is 2.83. The van der Waals surface area contributed by atoms with Crippen LogP contribution >= 0.6 is 0 Å². The maximum atomic E-state index is 5.84. The lowest BCUT2D eigenvalue weighted by Gasteiger charge is -2.18. The summed E-state index contributed by atoms with van der Waals surface area (Å²) in [6, 6.07) is 14.6. The molecule has 108 valence electrons. The van der Waals surface area contributed by atoms with E-state index in [-0.39, 0.29) is 6.04 Å². The number of nitrogens with zero attached hydrogens (tertiary/aromatic N) is 1. The number of fused-ring (bicyclic) bond motifs is 1. The molecule has 3 heteroatoms. The molecule has 0 saturated heterocycles. The van der Waals surface area contributed by atoms with Gasteiger partial charge in [-0.3, -0.25) is 0 Å². The van der Waals surface area contributed by atoms with Crippen molar-refractivity contribution < 1.29 is 4.42 Å². The first-order valence-electron chi connectivity index (χ1n) is 7.26. The second-order valence-corrected chi connectivity index (χ2v) is 5.48. The molecule has 3 aromatic rings. The van der Waals surface area contributed by atoms with Gasteiger partial charge in [0.2, 0.25) is 0 Å². The smallest absolute Gasteiger partial charge is 0.197 e. The number of benzene rings is 2. The summed E-state index contributed by atoms with van der Waals surface area (Å²) in [6.07, 6.45) is 0.746. The zero-order valence-electron chi connectivity index (χ0n) is 12.7. The Morgan fingerprint density at radius 3 is 2.71 bits per heavy atom. The van der Waals surface area contributed by atoms with Crippen LogP contribution in [0.2, 0.25) is 0 Å². The van der Waals surface area contributed by atoms with Gasteiger partial charge in [0, 0.05) is 12.5 Å². The van der Waals surface area contributed by atoms with E-state index in [9.17, 15) is 0 Å². The van der Waals surface area contributed by atoms with Gasteiger partial charge in [0.25, 0.3) is 0 Å². The molecular weight excluding hydrogens is 260 g/mol. The highest BCUT2D eigenvalue weighted by molar-refractivity contribution is 5.72. The van der Waals surface area contributed by atoms with E-state index >= 15 is 0 Å². The number of para-hydroxylation sites is 2. The lowest BCUT2D eigenvalue weighted by molar-refractivity contribution is 0.473. The van der Waals surface area contributed by atoms with Crippen molar-refractivity contribution in [3.05, 3.63) is 65.0 Å². The predicted octanol–water partition coefficient (Wildman–Crippen LogP) is 3.95. The van der Waals surface area contributed by atoms with Crippen molar-refractivity contribution in [2.75, 3.05) is 7.05 Å². The Kier molecular flexibility index (Phi) is 3.76. The third-order valence-corrected chi connectivity index (χ3v) is 3.88. The van der Waals surface area contributed by atoms with Gasteiger partial charge in [0.05, 0.1) is 0 Å². The molecule has 1 atom stereocenters. The van der Waals surface area contributed by atoms with Gasteiger partial charge >= 0.3 is 0 Å². The number of aryl methyl sites for hydroxylation is 2. The van der Waals surface area contributed by atoms with E-state index in [1.807, 2.05) is 31.3 Å². The number of rotatable bonds is 4. The first-order chi connectivity index (χ1) is 10.2. The molecule has 1 N–H and O–H groups in total. The molecule has 3 nitrogen and oxygen atoms in total. The predicted molar refractivity (Wildman–Crippen MR) is 85.4 cm³/mol. The minimum atomic E-state index is 0.206. The highest BCUT2D eigenvalue weighted by atomic mass is 16.3. The molecule has 21 heavy (non-hydrogen) atoms. The monoisotopic (exact) mass is 280 g/mol. The molecule has 0 amide bonds. The molecule has 3 rings (SSSR count). The summed E-state index contributed by atoms with van der Waals surface area (Å²) in [5, 5.41) is 3.38. The van der Waals surface area contributed by atoms with Gasteiger partial charge in [-0.2, -0.15) is 0 Å². The first kappa shape index (κ1) is 13.8. The zero-order valence-corrected chi connectivity index (χ0v) is 12.7. The Hall–Kier alpha value is -2.13. The summed E-state index contributed by atoms with van der Waals surface area (Å²) in [5.74, 6) is 0.774. The largest absolute Gasteiger partial charge is 0.441 e. The molecule has 0 spiro atoms. The van der Waals surface area contributed by atoms with Crippen LogP contribution in [-0.4, -0.2) is 12.0 Å². The van der Waals surface area contributed by atoms with E-state index in [0.29, 0.717) is 0 Å². The van der Waals surface area contributed by atoms with Crippen LogP contribution in [0.15, 0.2) is 46.9 Å². The van der Waals surface area contributed by atoms with Crippen LogP contribution in [0.4, 0.5) is 0 Å². The van der Waals surface area contributed by atoms with Crippen molar-refractivity contribution in [1.29, 1.82) is 0 Å². The van der Waals surface area contributed by atoms with Crippen molar-refractivity contribution in [2.45, 2.75) is 26.3 Å². The molecule has 0 aliphatic carbocycles. The molecule has 0 fully saturated rings. The Balaban J connectivity index is 1.91. The topological polar surface area (TPSA) is 38.1 Å². The number of nitrogens with one attached hydrogen (secondary N) is 1. The van der Waals surface area contributed by atoms with Gasteiger partial charge < -0.3 is 9.73 Å². The maximum absolute atomic E-state index is 5.84. The normalized spacial score (nSPS) is 12.7. The molecular formula is C18H20N2O. The van der Waals surface area contributed by atoms with Crippen molar-refractivity contribution in [1.82, 2.24) is 10.3 Å². The van der Waals surface area contributed by atoms with Gasteiger partial charge in [-0.1, -0.05) is 35.9 Å².